The van der Waals surface area contributed by atoms with E-state index in [9.17, 15) is 4.39 Å². The maximum atomic E-state index is 13.7. The summed E-state index contributed by atoms with van der Waals surface area (Å²) in [6.07, 6.45) is -0.192. The summed E-state index contributed by atoms with van der Waals surface area (Å²) in [5.41, 5.74) is 0.621. The van der Waals surface area contributed by atoms with E-state index in [2.05, 4.69) is 28.2 Å². The van der Waals surface area contributed by atoms with Gasteiger partial charge in [-0.25, -0.2) is 4.39 Å². The third-order valence-corrected chi connectivity index (χ3v) is 3.20. The van der Waals surface area contributed by atoms with Gasteiger partial charge in [0.2, 0.25) is 0 Å². The Hall–Kier alpha value is -0.450. The van der Waals surface area contributed by atoms with Crippen LogP contribution in [0.5, 0.6) is 0 Å². The van der Waals surface area contributed by atoms with Gasteiger partial charge < -0.3 is 10.1 Å². The van der Waals surface area contributed by atoms with E-state index in [1.807, 2.05) is 0 Å². The lowest BCUT2D eigenvalue weighted by Gasteiger charge is -2.16. The molecule has 0 aromatic heterocycles. The quantitative estimate of drug-likeness (QED) is 0.858. The molecule has 0 saturated carbocycles. The standard InChI is InChI=1S/C12H15BrFNO/c1-8-5-15-6-12(16-7-8)10-4-9(13)2-3-11(10)14/h2-4,8,12,15H,5-7H2,1H3. The van der Waals surface area contributed by atoms with Crippen LogP contribution in [0.4, 0.5) is 4.39 Å². The molecule has 1 aromatic rings. The smallest absolute Gasteiger partial charge is 0.129 e. The molecule has 2 atom stereocenters. The first-order chi connectivity index (χ1) is 7.66. The van der Waals surface area contributed by atoms with E-state index in [1.54, 1.807) is 12.1 Å². The third kappa shape index (κ3) is 2.81. The number of hydrogen-bond acceptors (Lipinski definition) is 2. The van der Waals surface area contributed by atoms with Gasteiger partial charge in [0.15, 0.2) is 0 Å². The van der Waals surface area contributed by atoms with E-state index in [0.29, 0.717) is 24.6 Å². The van der Waals surface area contributed by atoms with Crippen molar-refractivity contribution in [2.24, 2.45) is 5.92 Å². The molecule has 1 aliphatic heterocycles. The fourth-order valence-electron chi connectivity index (χ4n) is 1.82. The molecule has 0 amide bonds. The van der Waals surface area contributed by atoms with Crippen LogP contribution in [0, 0.1) is 11.7 Å². The molecule has 0 bridgehead atoms. The van der Waals surface area contributed by atoms with Gasteiger partial charge in [0.05, 0.1) is 12.7 Å². The summed E-state index contributed by atoms with van der Waals surface area (Å²) in [5.74, 6) is 0.268. The summed E-state index contributed by atoms with van der Waals surface area (Å²) in [7, 11) is 0. The van der Waals surface area contributed by atoms with Crippen LogP contribution in [0.15, 0.2) is 22.7 Å². The van der Waals surface area contributed by atoms with E-state index in [4.69, 9.17) is 4.74 Å². The van der Waals surface area contributed by atoms with E-state index < -0.39 is 0 Å². The highest BCUT2D eigenvalue weighted by atomic mass is 79.9. The highest BCUT2D eigenvalue weighted by Gasteiger charge is 2.20. The third-order valence-electron chi connectivity index (χ3n) is 2.71. The summed E-state index contributed by atoms with van der Waals surface area (Å²) in [5, 5.41) is 3.29. The average Bonchev–Trinajstić information content (AvgIpc) is 2.47. The number of rotatable bonds is 1. The highest BCUT2D eigenvalue weighted by molar-refractivity contribution is 9.10. The van der Waals surface area contributed by atoms with Crippen LogP contribution in [0.1, 0.15) is 18.6 Å². The molecule has 1 aliphatic rings. The maximum Gasteiger partial charge on any atom is 0.129 e. The molecule has 1 N–H and O–H groups in total. The first-order valence-corrected chi connectivity index (χ1v) is 6.23. The second-order valence-corrected chi connectivity index (χ2v) is 5.17. The van der Waals surface area contributed by atoms with Crippen molar-refractivity contribution < 1.29 is 9.13 Å². The molecule has 2 nitrogen and oxygen atoms in total. The Morgan fingerprint density at radius 3 is 3.06 bits per heavy atom. The van der Waals surface area contributed by atoms with Crippen LogP contribution in [0.25, 0.3) is 0 Å². The van der Waals surface area contributed by atoms with Crippen molar-refractivity contribution in [1.82, 2.24) is 5.32 Å². The molecule has 2 unspecified atom stereocenters. The maximum absolute atomic E-state index is 13.7. The lowest BCUT2D eigenvalue weighted by atomic mass is 10.1. The van der Waals surface area contributed by atoms with E-state index >= 15 is 0 Å². The molecule has 1 aromatic carbocycles. The Balaban J connectivity index is 2.19. The zero-order valence-corrected chi connectivity index (χ0v) is 10.8. The van der Waals surface area contributed by atoms with Crippen LogP contribution in [-0.4, -0.2) is 19.7 Å². The summed E-state index contributed by atoms with van der Waals surface area (Å²) < 4.78 is 20.2. The molecule has 0 radical (unpaired) electrons. The van der Waals surface area contributed by atoms with Gasteiger partial charge in [-0.3, -0.25) is 0 Å². The molecule has 0 spiro atoms. The number of benzene rings is 1. The topological polar surface area (TPSA) is 21.3 Å². The molecule has 4 heteroatoms. The van der Waals surface area contributed by atoms with E-state index in [1.165, 1.54) is 6.07 Å². The van der Waals surface area contributed by atoms with Gasteiger partial charge in [-0.2, -0.15) is 0 Å². The predicted octanol–water partition coefficient (Wildman–Crippen LogP) is 2.89. The fourth-order valence-corrected chi connectivity index (χ4v) is 2.20. The summed E-state index contributed by atoms with van der Waals surface area (Å²) in [4.78, 5) is 0. The number of ether oxygens (including phenoxy) is 1. The van der Waals surface area contributed by atoms with Crippen LogP contribution >= 0.6 is 15.9 Å². The lowest BCUT2D eigenvalue weighted by Crippen LogP contribution is -2.22. The number of halogens is 2. The van der Waals surface area contributed by atoms with Gasteiger partial charge in [0, 0.05) is 23.1 Å². The predicted molar refractivity (Wildman–Crippen MR) is 64.8 cm³/mol. The van der Waals surface area contributed by atoms with Crippen molar-refractivity contribution in [3.05, 3.63) is 34.1 Å². The van der Waals surface area contributed by atoms with Crippen molar-refractivity contribution in [3.8, 4) is 0 Å². The summed E-state index contributed by atoms with van der Waals surface area (Å²) in [6, 6.07) is 4.96. The Morgan fingerprint density at radius 1 is 1.44 bits per heavy atom. The molecule has 1 saturated heterocycles. The Labute approximate surface area is 103 Å². The van der Waals surface area contributed by atoms with Crippen molar-refractivity contribution in [2.45, 2.75) is 13.0 Å². The molecule has 88 valence electrons. The molecule has 1 fully saturated rings. The summed E-state index contributed by atoms with van der Waals surface area (Å²) in [6.45, 7) is 4.38. The number of hydrogen-bond donors (Lipinski definition) is 1. The summed E-state index contributed by atoms with van der Waals surface area (Å²) >= 11 is 3.35. The van der Waals surface area contributed by atoms with Gasteiger partial charge in [-0.15, -0.1) is 0 Å². The molecular formula is C12H15BrFNO. The van der Waals surface area contributed by atoms with Crippen molar-refractivity contribution in [3.63, 3.8) is 0 Å². The van der Waals surface area contributed by atoms with Crippen LogP contribution in [0.2, 0.25) is 0 Å². The first-order valence-electron chi connectivity index (χ1n) is 5.44. The first kappa shape index (κ1) is 12.0. The zero-order valence-electron chi connectivity index (χ0n) is 9.17. The van der Waals surface area contributed by atoms with Crippen LogP contribution in [0.3, 0.4) is 0 Å². The minimum Gasteiger partial charge on any atom is -0.372 e. The molecule has 1 heterocycles. The minimum atomic E-state index is -0.204. The monoisotopic (exact) mass is 287 g/mol. The number of nitrogens with one attached hydrogen (secondary N) is 1. The Morgan fingerprint density at radius 2 is 2.25 bits per heavy atom. The SMILES string of the molecule is CC1CNCC(c2cc(Br)ccc2F)OC1. The van der Waals surface area contributed by atoms with Crippen molar-refractivity contribution >= 4 is 15.9 Å². The van der Waals surface area contributed by atoms with Crippen LogP contribution in [-0.2, 0) is 4.74 Å². The van der Waals surface area contributed by atoms with Gasteiger partial charge in [-0.05, 0) is 24.1 Å². The van der Waals surface area contributed by atoms with Crippen molar-refractivity contribution in [1.29, 1.82) is 0 Å². The Kier molecular flexibility index (Phi) is 3.95. The Bertz CT molecular complexity index is 372. The van der Waals surface area contributed by atoms with Crippen LogP contribution < -0.4 is 5.32 Å². The molecular weight excluding hydrogens is 273 g/mol. The normalized spacial score (nSPS) is 26.4. The zero-order chi connectivity index (χ0) is 11.5. The van der Waals surface area contributed by atoms with Crippen molar-refractivity contribution in [2.75, 3.05) is 19.7 Å². The minimum absolute atomic E-state index is 0.192. The van der Waals surface area contributed by atoms with E-state index in [-0.39, 0.29) is 11.9 Å². The fraction of sp³-hybridized carbons (Fsp3) is 0.500. The second-order valence-electron chi connectivity index (χ2n) is 4.25. The average molecular weight is 288 g/mol. The van der Waals surface area contributed by atoms with Gasteiger partial charge >= 0.3 is 0 Å². The van der Waals surface area contributed by atoms with Gasteiger partial charge in [-0.1, -0.05) is 22.9 Å². The molecule has 0 aliphatic carbocycles. The lowest BCUT2D eigenvalue weighted by molar-refractivity contribution is 0.0492. The van der Waals surface area contributed by atoms with Gasteiger partial charge in [0.1, 0.15) is 5.82 Å². The molecule has 16 heavy (non-hydrogen) atoms. The second kappa shape index (κ2) is 5.25. The molecule has 2 rings (SSSR count). The van der Waals surface area contributed by atoms with Gasteiger partial charge in [0.25, 0.3) is 0 Å². The highest BCUT2D eigenvalue weighted by Crippen LogP contribution is 2.25. The van der Waals surface area contributed by atoms with E-state index in [0.717, 1.165) is 11.0 Å². The largest absolute Gasteiger partial charge is 0.372 e.